The lowest BCUT2D eigenvalue weighted by Crippen LogP contribution is -2.43. The van der Waals surface area contributed by atoms with Gasteiger partial charge in [0.25, 0.3) is 5.91 Å². The number of nitrogens with zero attached hydrogens (tertiary/aromatic N) is 3. The van der Waals surface area contributed by atoms with E-state index < -0.39 is 0 Å². The van der Waals surface area contributed by atoms with Gasteiger partial charge in [0.05, 0.1) is 18.4 Å². The van der Waals surface area contributed by atoms with Gasteiger partial charge in [-0.3, -0.25) is 9.78 Å². The number of likely N-dealkylation sites (N-methyl/N-ethyl adjacent to an activating group) is 1. The van der Waals surface area contributed by atoms with Crippen LogP contribution in [0.5, 0.6) is 11.5 Å². The maximum absolute atomic E-state index is 12.5. The lowest BCUT2D eigenvalue weighted by Gasteiger charge is -2.30. The fourth-order valence-corrected chi connectivity index (χ4v) is 2.42. The lowest BCUT2D eigenvalue weighted by molar-refractivity contribution is 0.0471. The van der Waals surface area contributed by atoms with E-state index in [0.29, 0.717) is 31.1 Å². The van der Waals surface area contributed by atoms with Crippen LogP contribution in [-0.2, 0) is 0 Å². The van der Waals surface area contributed by atoms with Gasteiger partial charge in [-0.15, -0.1) is 0 Å². The topological polar surface area (TPSA) is 64.6 Å². The molecular weight excluding hydrogens is 294 g/mol. The van der Waals surface area contributed by atoms with Crippen LogP contribution in [0.4, 0.5) is 0 Å². The molecule has 1 aromatic heterocycles. The summed E-state index contributed by atoms with van der Waals surface area (Å²) in [6.07, 6.45) is 2.90. The SMILES string of the molecule is CCN(C[C@@H]1COc2ccccc2O1)C(=O)c1cnc(C)cn1. The number of amides is 1. The summed E-state index contributed by atoms with van der Waals surface area (Å²) in [5, 5.41) is 0. The first-order valence-electron chi connectivity index (χ1n) is 7.63. The molecule has 2 aromatic rings. The van der Waals surface area contributed by atoms with Gasteiger partial charge >= 0.3 is 0 Å². The molecule has 0 saturated carbocycles. The molecule has 3 rings (SSSR count). The molecule has 6 nitrogen and oxygen atoms in total. The molecule has 120 valence electrons. The number of rotatable bonds is 4. The van der Waals surface area contributed by atoms with Crippen molar-refractivity contribution in [2.45, 2.75) is 20.0 Å². The van der Waals surface area contributed by atoms with E-state index in [1.807, 2.05) is 38.1 Å². The van der Waals surface area contributed by atoms with E-state index in [9.17, 15) is 4.79 Å². The Kier molecular flexibility index (Phi) is 4.41. The summed E-state index contributed by atoms with van der Waals surface area (Å²) in [6, 6.07) is 7.54. The maximum atomic E-state index is 12.5. The standard InChI is InChI=1S/C17H19N3O3/c1-3-20(17(21)14-9-18-12(2)8-19-14)10-13-11-22-15-6-4-5-7-16(15)23-13/h4-9,13H,3,10-11H2,1-2H3/t13-/m1/s1. The monoisotopic (exact) mass is 313 g/mol. The average Bonchev–Trinajstić information content (AvgIpc) is 2.59. The maximum Gasteiger partial charge on any atom is 0.274 e. The van der Waals surface area contributed by atoms with E-state index >= 15 is 0 Å². The molecule has 0 bridgehead atoms. The van der Waals surface area contributed by atoms with Gasteiger partial charge in [-0.05, 0) is 26.0 Å². The normalized spacial score (nSPS) is 16.0. The van der Waals surface area contributed by atoms with Crippen molar-refractivity contribution >= 4 is 5.91 Å². The fraction of sp³-hybridized carbons (Fsp3) is 0.353. The van der Waals surface area contributed by atoms with Crippen LogP contribution in [0.3, 0.4) is 0 Å². The van der Waals surface area contributed by atoms with Crippen molar-refractivity contribution in [1.82, 2.24) is 14.9 Å². The molecule has 0 spiro atoms. The highest BCUT2D eigenvalue weighted by molar-refractivity contribution is 5.92. The van der Waals surface area contributed by atoms with Crippen LogP contribution >= 0.6 is 0 Å². The van der Waals surface area contributed by atoms with E-state index in [-0.39, 0.29) is 12.0 Å². The van der Waals surface area contributed by atoms with E-state index in [1.54, 1.807) is 11.1 Å². The number of carbonyl (C=O) groups excluding carboxylic acids is 1. The van der Waals surface area contributed by atoms with Crippen LogP contribution in [-0.4, -0.2) is 46.6 Å². The van der Waals surface area contributed by atoms with Crippen molar-refractivity contribution in [1.29, 1.82) is 0 Å². The molecule has 0 aliphatic carbocycles. The smallest absolute Gasteiger partial charge is 0.274 e. The molecule has 0 saturated heterocycles. The number of benzene rings is 1. The van der Waals surface area contributed by atoms with Crippen LogP contribution in [0.1, 0.15) is 23.1 Å². The highest BCUT2D eigenvalue weighted by Gasteiger charge is 2.25. The first kappa shape index (κ1) is 15.3. The Bertz CT molecular complexity index is 688. The molecule has 1 aliphatic heterocycles. The first-order chi connectivity index (χ1) is 11.2. The number of ether oxygens (including phenoxy) is 2. The third-order valence-corrected chi connectivity index (χ3v) is 3.66. The predicted octanol–water partition coefficient (Wildman–Crippen LogP) is 2.09. The summed E-state index contributed by atoms with van der Waals surface area (Å²) >= 11 is 0. The number of hydrogen-bond donors (Lipinski definition) is 0. The molecule has 1 amide bonds. The Morgan fingerprint density at radius 1 is 1.26 bits per heavy atom. The minimum absolute atomic E-state index is 0.151. The third kappa shape index (κ3) is 3.41. The van der Waals surface area contributed by atoms with Gasteiger partial charge in [0.2, 0.25) is 0 Å². The van der Waals surface area contributed by atoms with Gasteiger partial charge in [0.1, 0.15) is 12.3 Å². The van der Waals surface area contributed by atoms with Gasteiger partial charge in [-0.1, -0.05) is 12.1 Å². The number of hydrogen-bond acceptors (Lipinski definition) is 5. The zero-order chi connectivity index (χ0) is 16.2. The van der Waals surface area contributed by atoms with Gasteiger partial charge < -0.3 is 14.4 Å². The number of para-hydroxylation sites is 2. The molecule has 2 heterocycles. The molecule has 1 aliphatic rings. The third-order valence-electron chi connectivity index (χ3n) is 3.66. The van der Waals surface area contributed by atoms with Gasteiger partial charge in [0, 0.05) is 12.7 Å². The highest BCUT2D eigenvalue weighted by Crippen LogP contribution is 2.31. The fourth-order valence-electron chi connectivity index (χ4n) is 2.42. The molecule has 0 radical (unpaired) electrons. The Morgan fingerprint density at radius 3 is 2.74 bits per heavy atom. The van der Waals surface area contributed by atoms with Crippen LogP contribution in [0, 0.1) is 6.92 Å². The summed E-state index contributed by atoms with van der Waals surface area (Å²) < 4.78 is 11.6. The Hall–Kier alpha value is -2.63. The molecule has 6 heteroatoms. The number of fused-ring (bicyclic) bond motifs is 1. The molecule has 0 fully saturated rings. The minimum atomic E-state index is -0.202. The highest BCUT2D eigenvalue weighted by atomic mass is 16.6. The van der Waals surface area contributed by atoms with Crippen molar-refractivity contribution < 1.29 is 14.3 Å². The first-order valence-corrected chi connectivity index (χ1v) is 7.63. The van der Waals surface area contributed by atoms with Crippen molar-refractivity contribution in [3.05, 3.63) is 48.0 Å². The largest absolute Gasteiger partial charge is 0.486 e. The molecular formula is C17H19N3O3. The Labute approximate surface area is 135 Å². The Balaban J connectivity index is 1.68. The van der Waals surface area contributed by atoms with Crippen LogP contribution in [0.25, 0.3) is 0 Å². The number of aryl methyl sites for hydroxylation is 1. The summed E-state index contributed by atoms with van der Waals surface area (Å²) in [7, 11) is 0. The number of carbonyl (C=O) groups is 1. The van der Waals surface area contributed by atoms with Crippen LogP contribution < -0.4 is 9.47 Å². The van der Waals surface area contributed by atoms with Crippen molar-refractivity contribution in [3.8, 4) is 11.5 Å². The van der Waals surface area contributed by atoms with E-state index in [2.05, 4.69) is 9.97 Å². The second-order valence-corrected chi connectivity index (χ2v) is 5.38. The van der Waals surface area contributed by atoms with E-state index in [0.717, 1.165) is 11.4 Å². The predicted molar refractivity (Wildman–Crippen MR) is 84.7 cm³/mol. The quantitative estimate of drug-likeness (QED) is 0.865. The average molecular weight is 313 g/mol. The van der Waals surface area contributed by atoms with Crippen LogP contribution in [0.2, 0.25) is 0 Å². The summed E-state index contributed by atoms with van der Waals surface area (Å²) in [5.41, 5.74) is 1.12. The second kappa shape index (κ2) is 6.64. The van der Waals surface area contributed by atoms with Crippen molar-refractivity contribution in [2.75, 3.05) is 19.7 Å². The van der Waals surface area contributed by atoms with E-state index in [1.165, 1.54) is 6.20 Å². The Morgan fingerprint density at radius 2 is 2.04 bits per heavy atom. The zero-order valence-corrected chi connectivity index (χ0v) is 13.2. The molecule has 1 atom stereocenters. The second-order valence-electron chi connectivity index (χ2n) is 5.38. The van der Waals surface area contributed by atoms with Gasteiger partial charge in [0.15, 0.2) is 17.6 Å². The molecule has 0 N–H and O–H groups in total. The minimum Gasteiger partial charge on any atom is -0.486 e. The molecule has 0 unspecified atom stereocenters. The lowest BCUT2D eigenvalue weighted by atomic mass is 10.2. The summed E-state index contributed by atoms with van der Waals surface area (Å²) in [5.74, 6) is 1.30. The van der Waals surface area contributed by atoms with Crippen LogP contribution in [0.15, 0.2) is 36.7 Å². The summed E-state index contributed by atoms with van der Waals surface area (Å²) in [4.78, 5) is 22.5. The number of aromatic nitrogens is 2. The molecule has 23 heavy (non-hydrogen) atoms. The van der Waals surface area contributed by atoms with Crippen molar-refractivity contribution in [3.63, 3.8) is 0 Å². The van der Waals surface area contributed by atoms with Gasteiger partial charge in [-0.25, -0.2) is 4.98 Å². The molecule has 1 aromatic carbocycles. The van der Waals surface area contributed by atoms with E-state index in [4.69, 9.17) is 9.47 Å². The summed E-state index contributed by atoms with van der Waals surface area (Å²) in [6.45, 7) is 5.19. The van der Waals surface area contributed by atoms with Gasteiger partial charge in [-0.2, -0.15) is 0 Å². The van der Waals surface area contributed by atoms with Crippen molar-refractivity contribution in [2.24, 2.45) is 0 Å². The zero-order valence-electron chi connectivity index (χ0n) is 13.2.